The maximum Gasteiger partial charge on any atom is 0.342 e. The predicted octanol–water partition coefficient (Wildman–Crippen LogP) is 4.24. The van der Waals surface area contributed by atoms with E-state index in [2.05, 4.69) is 15.2 Å². The molecule has 2 heterocycles. The first-order chi connectivity index (χ1) is 13.9. The maximum atomic E-state index is 11.6. The molecule has 0 saturated heterocycles. The number of H-pyrrole nitrogens is 1. The lowest BCUT2D eigenvalue weighted by atomic mass is 10.0. The molecule has 3 N–H and O–H groups in total. The number of thioether (sulfide) groups is 1. The van der Waals surface area contributed by atoms with Crippen LogP contribution in [0.2, 0.25) is 0 Å². The van der Waals surface area contributed by atoms with Crippen molar-refractivity contribution in [2.45, 2.75) is 31.8 Å². The molecule has 3 aromatic rings. The summed E-state index contributed by atoms with van der Waals surface area (Å²) < 4.78 is 5.75. The second kappa shape index (κ2) is 8.78. The van der Waals surface area contributed by atoms with Gasteiger partial charge in [0.25, 0.3) is 0 Å². The van der Waals surface area contributed by atoms with Gasteiger partial charge in [0, 0.05) is 18.1 Å². The van der Waals surface area contributed by atoms with E-state index in [-0.39, 0.29) is 10.5 Å². The van der Waals surface area contributed by atoms with Crippen molar-refractivity contribution in [2.75, 3.05) is 0 Å². The maximum absolute atomic E-state index is 11.6. The molecular weight excluding hydrogens is 394 g/mol. The lowest BCUT2D eigenvalue weighted by molar-refractivity contribution is -0.131. The first-order valence-electron chi connectivity index (χ1n) is 8.86. The van der Waals surface area contributed by atoms with Crippen molar-refractivity contribution in [3.63, 3.8) is 0 Å². The number of nitrogens with one attached hydrogen (secondary N) is 1. The Morgan fingerprint density at radius 1 is 1.24 bits per heavy atom. The molecule has 0 radical (unpaired) electrons. The van der Waals surface area contributed by atoms with E-state index in [9.17, 15) is 19.8 Å². The molecular formula is C20H19N3O5S. The molecule has 9 heteroatoms. The van der Waals surface area contributed by atoms with Crippen LogP contribution in [0.3, 0.4) is 0 Å². The number of aryl methyl sites for hydroxylation is 1. The molecule has 0 aliphatic carbocycles. The van der Waals surface area contributed by atoms with Crippen molar-refractivity contribution in [1.82, 2.24) is 15.2 Å². The zero-order valence-corrected chi connectivity index (χ0v) is 16.6. The van der Waals surface area contributed by atoms with Crippen molar-refractivity contribution in [3.05, 3.63) is 57.9 Å². The van der Waals surface area contributed by atoms with E-state index in [0.29, 0.717) is 33.6 Å². The average Bonchev–Trinajstić information content (AvgIpc) is 3.31. The van der Waals surface area contributed by atoms with Crippen molar-refractivity contribution in [3.8, 4) is 11.3 Å². The second-order valence-corrected chi connectivity index (χ2v) is 7.22. The molecule has 0 fully saturated rings. The summed E-state index contributed by atoms with van der Waals surface area (Å²) in [6.45, 7) is 3.72. The largest absolute Gasteiger partial charge is 0.478 e. The van der Waals surface area contributed by atoms with E-state index < -0.39 is 11.9 Å². The summed E-state index contributed by atoms with van der Waals surface area (Å²) >= 11 is 0.923. The van der Waals surface area contributed by atoms with Gasteiger partial charge in [-0.3, -0.25) is 5.10 Å². The lowest BCUT2D eigenvalue weighted by Gasteiger charge is -2.06. The van der Waals surface area contributed by atoms with Crippen LogP contribution in [0, 0.1) is 6.92 Å². The fourth-order valence-electron chi connectivity index (χ4n) is 2.74. The van der Waals surface area contributed by atoms with Gasteiger partial charge in [-0.1, -0.05) is 19.1 Å². The number of carbonyl (C=O) groups is 2. The van der Waals surface area contributed by atoms with Gasteiger partial charge in [-0.05, 0) is 48.9 Å². The van der Waals surface area contributed by atoms with Crippen molar-refractivity contribution < 1.29 is 24.2 Å². The van der Waals surface area contributed by atoms with Crippen LogP contribution in [-0.2, 0) is 11.2 Å². The first-order valence-corrected chi connectivity index (χ1v) is 9.68. The Kier molecular flexibility index (Phi) is 6.18. The number of nitrogens with zero attached hydrogens (tertiary/aromatic N) is 2. The highest BCUT2D eigenvalue weighted by molar-refractivity contribution is 8.04. The van der Waals surface area contributed by atoms with Crippen LogP contribution in [0.15, 0.2) is 44.8 Å². The van der Waals surface area contributed by atoms with E-state index in [4.69, 9.17) is 4.42 Å². The van der Waals surface area contributed by atoms with Gasteiger partial charge < -0.3 is 14.6 Å². The minimum atomic E-state index is -1.13. The zero-order chi connectivity index (χ0) is 21.0. The van der Waals surface area contributed by atoms with E-state index in [1.54, 1.807) is 31.2 Å². The first kappa shape index (κ1) is 20.4. The fraction of sp³-hybridized carbons (Fsp3) is 0.200. The number of aromatic nitrogens is 3. The van der Waals surface area contributed by atoms with E-state index >= 15 is 0 Å². The highest BCUT2D eigenvalue weighted by Crippen LogP contribution is 2.30. The fourth-order valence-corrected chi connectivity index (χ4v) is 3.45. The summed E-state index contributed by atoms with van der Waals surface area (Å²) in [6, 6.07) is 8.22. The molecule has 0 atom stereocenters. The third-order valence-electron chi connectivity index (χ3n) is 4.14. The monoisotopic (exact) mass is 413 g/mol. The summed E-state index contributed by atoms with van der Waals surface area (Å²) in [7, 11) is 0. The van der Waals surface area contributed by atoms with Crippen LogP contribution in [-0.4, -0.2) is 37.3 Å². The van der Waals surface area contributed by atoms with Gasteiger partial charge in [-0.25, -0.2) is 14.6 Å². The molecule has 150 valence electrons. The smallest absolute Gasteiger partial charge is 0.342 e. The summed E-state index contributed by atoms with van der Waals surface area (Å²) in [5.41, 5.74) is 1.39. The molecule has 8 nitrogen and oxygen atoms in total. The van der Waals surface area contributed by atoms with Crippen LogP contribution in [0.25, 0.3) is 17.4 Å². The van der Waals surface area contributed by atoms with E-state index in [1.807, 2.05) is 6.92 Å². The Morgan fingerprint density at radius 3 is 2.72 bits per heavy atom. The van der Waals surface area contributed by atoms with Gasteiger partial charge in [0.15, 0.2) is 0 Å². The minimum absolute atomic E-state index is 0.00366. The number of benzene rings is 1. The molecule has 1 aromatic carbocycles. The van der Waals surface area contributed by atoms with Crippen LogP contribution >= 0.6 is 11.8 Å². The Morgan fingerprint density at radius 2 is 2.03 bits per heavy atom. The van der Waals surface area contributed by atoms with Gasteiger partial charge in [-0.15, -0.1) is 5.10 Å². The number of hydrogen-bond acceptors (Lipinski definition) is 6. The van der Waals surface area contributed by atoms with Gasteiger partial charge in [0.05, 0.1) is 5.56 Å². The van der Waals surface area contributed by atoms with Gasteiger partial charge in [-0.2, -0.15) is 0 Å². The second-order valence-electron chi connectivity index (χ2n) is 6.22. The van der Waals surface area contributed by atoms with Crippen LogP contribution in [0.1, 0.15) is 40.9 Å². The van der Waals surface area contributed by atoms with Gasteiger partial charge in [0.2, 0.25) is 5.16 Å². The number of rotatable bonds is 8. The molecule has 0 bridgehead atoms. The molecule has 3 rings (SSSR count). The SMILES string of the molecule is CCCc1nc(S/C(=C\c2ccc(-c3cccc(C(=O)O)c3C)o2)C(=O)O)n[nH]1. The number of aliphatic carboxylic acids is 1. The van der Waals surface area contributed by atoms with E-state index in [0.717, 1.165) is 24.6 Å². The Hall–Kier alpha value is -3.33. The molecule has 0 unspecified atom stereocenters. The quantitative estimate of drug-likeness (QED) is 0.369. The van der Waals surface area contributed by atoms with Gasteiger partial charge >= 0.3 is 11.9 Å². The summed E-state index contributed by atoms with van der Waals surface area (Å²) in [5, 5.41) is 25.9. The molecule has 0 amide bonds. The van der Waals surface area contributed by atoms with Crippen LogP contribution in [0.5, 0.6) is 0 Å². The predicted molar refractivity (Wildman–Crippen MR) is 108 cm³/mol. The molecule has 29 heavy (non-hydrogen) atoms. The number of furan rings is 1. The average molecular weight is 413 g/mol. The molecule has 0 saturated carbocycles. The Labute approximate surface area is 170 Å². The Bertz CT molecular complexity index is 1080. The summed E-state index contributed by atoms with van der Waals surface area (Å²) in [6.07, 6.45) is 3.03. The van der Waals surface area contributed by atoms with Gasteiger partial charge in [0.1, 0.15) is 22.3 Å². The molecule has 0 spiro atoms. The minimum Gasteiger partial charge on any atom is -0.478 e. The molecule has 0 aliphatic rings. The summed E-state index contributed by atoms with van der Waals surface area (Å²) in [5.74, 6) is -0.661. The number of aromatic carboxylic acids is 1. The van der Waals surface area contributed by atoms with E-state index in [1.165, 1.54) is 12.1 Å². The van der Waals surface area contributed by atoms with Crippen molar-refractivity contribution in [2.24, 2.45) is 0 Å². The molecule has 2 aromatic heterocycles. The number of aromatic amines is 1. The van der Waals surface area contributed by atoms with Crippen LogP contribution < -0.4 is 0 Å². The molecule has 0 aliphatic heterocycles. The third kappa shape index (κ3) is 4.75. The topological polar surface area (TPSA) is 129 Å². The third-order valence-corrected chi connectivity index (χ3v) is 5.02. The highest BCUT2D eigenvalue weighted by atomic mass is 32.2. The summed E-state index contributed by atoms with van der Waals surface area (Å²) in [4.78, 5) is 27.2. The van der Waals surface area contributed by atoms with Crippen molar-refractivity contribution >= 4 is 29.8 Å². The zero-order valence-electron chi connectivity index (χ0n) is 15.8. The number of carboxylic acid groups (broad SMARTS) is 2. The highest BCUT2D eigenvalue weighted by Gasteiger charge is 2.16. The Balaban J connectivity index is 1.87. The number of carboxylic acids is 2. The number of hydrogen-bond donors (Lipinski definition) is 3. The van der Waals surface area contributed by atoms with Crippen LogP contribution in [0.4, 0.5) is 0 Å². The van der Waals surface area contributed by atoms with Crippen molar-refractivity contribution in [1.29, 1.82) is 0 Å². The normalized spacial score (nSPS) is 11.6. The lowest BCUT2D eigenvalue weighted by Crippen LogP contribution is -2.00. The standard InChI is InChI=1S/C20H19N3O5S/c1-3-5-17-21-20(23-22-17)29-16(19(26)27)10-12-8-9-15(28-12)13-6-4-7-14(11(13)2)18(24)25/h4,6-10H,3,5H2,1-2H3,(H,24,25)(H,26,27)(H,21,22,23)/b16-10-.